The van der Waals surface area contributed by atoms with Gasteiger partial charge in [0.05, 0.1) is 5.56 Å². The third-order valence-electron chi connectivity index (χ3n) is 5.61. The standard InChI is InChI=1S/C27H32N4O2/c1-4-21(14-15-28-2)23-11-13-26(30-17-23)31-27(29-3)22-10-12-25(24(16-22)18-32)33-19-20-8-6-5-7-9-20/h5-13,16-18,21,28H,4,14-15,19H2,1-3H3,(H,29,30,31). The van der Waals surface area contributed by atoms with Gasteiger partial charge in [-0.05, 0) is 67.7 Å². The summed E-state index contributed by atoms with van der Waals surface area (Å²) in [6.07, 6.45) is 4.89. The van der Waals surface area contributed by atoms with Crippen LogP contribution in [0.3, 0.4) is 0 Å². The smallest absolute Gasteiger partial charge is 0.153 e. The maximum absolute atomic E-state index is 11.7. The van der Waals surface area contributed by atoms with Crippen molar-refractivity contribution in [2.45, 2.75) is 32.3 Å². The van der Waals surface area contributed by atoms with Crippen LogP contribution < -0.4 is 15.4 Å². The van der Waals surface area contributed by atoms with E-state index in [0.717, 1.165) is 36.8 Å². The minimum absolute atomic E-state index is 0.400. The summed E-state index contributed by atoms with van der Waals surface area (Å²) in [5, 5.41) is 6.48. The van der Waals surface area contributed by atoms with Gasteiger partial charge in [0.15, 0.2) is 6.29 Å². The maximum Gasteiger partial charge on any atom is 0.153 e. The van der Waals surface area contributed by atoms with Crippen molar-refractivity contribution in [2.24, 2.45) is 4.99 Å². The molecular weight excluding hydrogens is 412 g/mol. The van der Waals surface area contributed by atoms with Crippen molar-refractivity contribution in [3.05, 3.63) is 89.1 Å². The van der Waals surface area contributed by atoms with Crippen LogP contribution in [-0.2, 0) is 6.61 Å². The van der Waals surface area contributed by atoms with Crippen molar-refractivity contribution < 1.29 is 9.53 Å². The normalized spacial score (nSPS) is 12.3. The fourth-order valence-electron chi connectivity index (χ4n) is 3.68. The van der Waals surface area contributed by atoms with Crippen molar-refractivity contribution in [1.29, 1.82) is 0 Å². The molecule has 1 unspecified atom stereocenters. The van der Waals surface area contributed by atoms with Crippen LogP contribution in [0.2, 0.25) is 0 Å². The number of amidine groups is 1. The second kappa shape index (κ2) is 12.5. The first-order valence-electron chi connectivity index (χ1n) is 11.3. The Balaban J connectivity index is 1.70. The van der Waals surface area contributed by atoms with Crippen LogP contribution in [0.15, 0.2) is 71.9 Å². The largest absolute Gasteiger partial charge is 0.488 e. The lowest BCUT2D eigenvalue weighted by Crippen LogP contribution is -2.15. The Kier molecular flexibility index (Phi) is 9.15. The topological polar surface area (TPSA) is 75.6 Å². The number of hydrogen-bond donors (Lipinski definition) is 2. The maximum atomic E-state index is 11.7. The molecule has 0 saturated carbocycles. The van der Waals surface area contributed by atoms with Gasteiger partial charge in [0, 0.05) is 18.8 Å². The summed E-state index contributed by atoms with van der Waals surface area (Å²) in [5.41, 5.74) is 3.54. The van der Waals surface area contributed by atoms with Gasteiger partial charge in [-0.15, -0.1) is 0 Å². The lowest BCUT2D eigenvalue weighted by molar-refractivity contribution is 0.111. The number of aromatic nitrogens is 1. The first-order chi connectivity index (χ1) is 16.2. The molecule has 0 aliphatic rings. The molecule has 0 fully saturated rings. The zero-order valence-corrected chi connectivity index (χ0v) is 19.5. The number of ether oxygens (including phenoxy) is 1. The molecule has 0 aliphatic carbocycles. The quantitative estimate of drug-likeness (QED) is 0.245. The molecule has 1 heterocycles. The van der Waals surface area contributed by atoms with Crippen molar-refractivity contribution in [1.82, 2.24) is 10.3 Å². The zero-order chi connectivity index (χ0) is 23.5. The first-order valence-corrected chi connectivity index (χ1v) is 11.3. The molecule has 6 nitrogen and oxygen atoms in total. The molecule has 33 heavy (non-hydrogen) atoms. The first kappa shape index (κ1) is 24.1. The number of carbonyl (C=O) groups excluding carboxylic acids is 1. The summed E-state index contributed by atoms with van der Waals surface area (Å²) < 4.78 is 5.87. The summed E-state index contributed by atoms with van der Waals surface area (Å²) in [7, 11) is 3.68. The lowest BCUT2D eigenvalue weighted by Gasteiger charge is -2.16. The van der Waals surface area contributed by atoms with E-state index in [0.29, 0.717) is 35.5 Å². The predicted molar refractivity (Wildman–Crippen MR) is 134 cm³/mol. The minimum Gasteiger partial charge on any atom is -0.488 e. The number of rotatable bonds is 11. The van der Waals surface area contributed by atoms with Crippen molar-refractivity contribution >= 4 is 17.9 Å². The molecule has 3 aromatic rings. The van der Waals surface area contributed by atoms with E-state index in [4.69, 9.17) is 4.74 Å². The van der Waals surface area contributed by atoms with E-state index in [-0.39, 0.29) is 0 Å². The zero-order valence-electron chi connectivity index (χ0n) is 19.5. The number of aliphatic imine (C=N–C) groups is 1. The SMILES string of the molecule is CCC(CCNC)c1ccc(NC(=NC)c2ccc(OCc3ccccc3)c(C=O)c2)nc1. The lowest BCUT2D eigenvalue weighted by atomic mass is 9.94. The monoisotopic (exact) mass is 444 g/mol. The van der Waals surface area contributed by atoms with Gasteiger partial charge < -0.3 is 15.4 Å². The number of anilines is 1. The Morgan fingerprint density at radius 3 is 2.61 bits per heavy atom. The number of benzene rings is 2. The van der Waals surface area contributed by atoms with Crippen LogP contribution in [-0.4, -0.2) is 37.7 Å². The summed E-state index contributed by atoms with van der Waals surface area (Å²) in [6, 6.07) is 19.4. The highest BCUT2D eigenvalue weighted by molar-refractivity contribution is 6.08. The summed E-state index contributed by atoms with van der Waals surface area (Å²) >= 11 is 0. The predicted octanol–water partition coefficient (Wildman–Crippen LogP) is 5.06. The molecule has 6 heteroatoms. The Hall–Kier alpha value is -3.51. The Labute approximate surface area is 196 Å². The van der Waals surface area contributed by atoms with E-state index < -0.39 is 0 Å². The highest BCUT2D eigenvalue weighted by atomic mass is 16.5. The van der Waals surface area contributed by atoms with Gasteiger partial charge >= 0.3 is 0 Å². The average molecular weight is 445 g/mol. The van der Waals surface area contributed by atoms with Crippen LogP contribution in [0.5, 0.6) is 5.75 Å². The number of pyridine rings is 1. The van der Waals surface area contributed by atoms with Crippen molar-refractivity contribution in [2.75, 3.05) is 26.0 Å². The van der Waals surface area contributed by atoms with Gasteiger partial charge in [-0.1, -0.05) is 43.3 Å². The van der Waals surface area contributed by atoms with Gasteiger partial charge in [-0.3, -0.25) is 9.79 Å². The van der Waals surface area contributed by atoms with E-state index >= 15 is 0 Å². The molecule has 0 spiro atoms. The van der Waals surface area contributed by atoms with Gasteiger partial charge in [0.1, 0.15) is 24.0 Å². The summed E-state index contributed by atoms with van der Waals surface area (Å²) in [6.45, 7) is 3.58. The number of carbonyl (C=O) groups is 1. The van der Waals surface area contributed by atoms with Crippen LogP contribution in [0.4, 0.5) is 5.82 Å². The van der Waals surface area contributed by atoms with Gasteiger partial charge in [-0.25, -0.2) is 4.98 Å². The molecule has 0 bridgehead atoms. The Morgan fingerprint density at radius 1 is 1.15 bits per heavy atom. The molecule has 1 aromatic heterocycles. The van der Waals surface area contributed by atoms with Crippen LogP contribution in [0.25, 0.3) is 0 Å². The van der Waals surface area contributed by atoms with Crippen molar-refractivity contribution in [3.8, 4) is 5.75 Å². The fourth-order valence-corrected chi connectivity index (χ4v) is 3.68. The average Bonchev–Trinajstić information content (AvgIpc) is 2.87. The number of hydrogen-bond acceptors (Lipinski definition) is 5. The third kappa shape index (κ3) is 6.73. The molecular formula is C27H32N4O2. The molecule has 3 rings (SSSR count). The van der Waals surface area contributed by atoms with E-state index in [1.165, 1.54) is 5.56 Å². The molecule has 0 saturated heterocycles. The van der Waals surface area contributed by atoms with Gasteiger partial charge in [0.2, 0.25) is 0 Å². The second-order valence-electron chi connectivity index (χ2n) is 7.82. The molecule has 0 amide bonds. The fraction of sp³-hybridized carbons (Fsp3) is 0.296. The summed E-state index contributed by atoms with van der Waals surface area (Å²) in [5.74, 6) is 2.37. The van der Waals surface area contributed by atoms with E-state index in [1.807, 2.05) is 55.7 Å². The van der Waals surface area contributed by atoms with Crippen LogP contribution >= 0.6 is 0 Å². The van der Waals surface area contributed by atoms with Gasteiger partial charge in [0.25, 0.3) is 0 Å². The van der Waals surface area contributed by atoms with E-state index in [9.17, 15) is 4.79 Å². The minimum atomic E-state index is 0.400. The summed E-state index contributed by atoms with van der Waals surface area (Å²) in [4.78, 5) is 20.7. The number of nitrogens with zero attached hydrogens (tertiary/aromatic N) is 2. The third-order valence-corrected chi connectivity index (χ3v) is 5.61. The van der Waals surface area contributed by atoms with E-state index in [2.05, 4.69) is 33.6 Å². The Morgan fingerprint density at radius 2 is 1.97 bits per heavy atom. The van der Waals surface area contributed by atoms with E-state index in [1.54, 1.807) is 19.2 Å². The highest BCUT2D eigenvalue weighted by Gasteiger charge is 2.12. The number of aldehydes is 1. The molecule has 1 atom stereocenters. The highest BCUT2D eigenvalue weighted by Crippen LogP contribution is 2.24. The Bertz CT molecular complexity index is 1050. The molecule has 0 radical (unpaired) electrons. The van der Waals surface area contributed by atoms with Crippen molar-refractivity contribution in [3.63, 3.8) is 0 Å². The molecule has 0 aliphatic heterocycles. The number of nitrogens with one attached hydrogen (secondary N) is 2. The van der Waals surface area contributed by atoms with Crippen LogP contribution in [0, 0.1) is 0 Å². The van der Waals surface area contributed by atoms with Crippen LogP contribution in [0.1, 0.15) is 52.7 Å². The molecule has 2 aromatic carbocycles. The second-order valence-corrected chi connectivity index (χ2v) is 7.82. The molecule has 172 valence electrons. The van der Waals surface area contributed by atoms with Gasteiger partial charge in [-0.2, -0.15) is 0 Å². The molecule has 2 N–H and O–H groups in total.